The molecule has 0 spiro atoms. The van der Waals surface area contributed by atoms with Crippen LogP contribution in [-0.2, 0) is 32.5 Å². The zero-order chi connectivity index (χ0) is 23.3. The van der Waals surface area contributed by atoms with Crippen LogP contribution in [0.15, 0.2) is 60.7 Å². The third-order valence-corrected chi connectivity index (χ3v) is 9.29. The number of benzene rings is 2. The van der Waals surface area contributed by atoms with Gasteiger partial charge in [0.05, 0.1) is 0 Å². The largest absolute Gasteiger partial charge is 0.480 e. The van der Waals surface area contributed by atoms with E-state index in [0.29, 0.717) is 30.0 Å². The topological polar surface area (TPSA) is 95.5 Å². The van der Waals surface area contributed by atoms with E-state index >= 15 is 0 Å². The molecular formula is C25H25ClN2O4S. The smallest absolute Gasteiger partial charge is 0.324 e. The molecule has 0 aromatic heterocycles. The van der Waals surface area contributed by atoms with Crippen molar-refractivity contribution in [3.63, 3.8) is 0 Å². The fourth-order valence-electron chi connectivity index (χ4n) is 4.62. The zero-order valence-electron chi connectivity index (χ0n) is 18.0. The summed E-state index contributed by atoms with van der Waals surface area (Å²) < 4.78 is 28.8. The fourth-order valence-corrected chi connectivity index (χ4v) is 6.72. The summed E-state index contributed by atoms with van der Waals surface area (Å²) in [5.41, 5.74) is 3.36. The minimum atomic E-state index is -4.08. The highest BCUT2D eigenvalue weighted by Crippen LogP contribution is 2.45. The first-order valence-electron chi connectivity index (χ1n) is 11.0. The Kier molecular flexibility index (Phi) is 5.48. The Balaban J connectivity index is 1.57. The quantitative estimate of drug-likeness (QED) is 0.580. The van der Waals surface area contributed by atoms with Crippen molar-refractivity contribution >= 4 is 33.2 Å². The van der Waals surface area contributed by atoms with Crippen LogP contribution in [-0.4, -0.2) is 31.6 Å². The standard InChI is InChI=1S/C25H25ClN2O4S/c26-22-5-2-17(3-6-22)19-7-10-25(11-8-19,33(31,32)28-24(12-13-24)23(29)30)21-4-1-18-9-14-27-16-20(18)15-21/h1-8,10,15,27-28H,9,11-14,16H2,(H,29,30). The summed E-state index contributed by atoms with van der Waals surface area (Å²) in [6.07, 6.45) is 7.09. The molecule has 2 aromatic carbocycles. The third kappa shape index (κ3) is 3.93. The molecule has 172 valence electrons. The third-order valence-electron chi connectivity index (χ3n) is 6.89. The van der Waals surface area contributed by atoms with Crippen LogP contribution >= 0.6 is 11.6 Å². The van der Waals surface area contributed by atoms with Crippen LogP contribution in [0.25, 0.3) is 5.57 Å². The molecule has 0 saturated heterocycles. The first-order chi connectivity index (χ1) is 15.7. The summed E-state index contributed by atoms with van der Waals surface area (Å²) >= 11 is 6.01. The number of fused-ring (bicyclic) bond motifs is 1. The van der Waals surface area contributed by atoms with E-state index in [9.17, 15) is 18.3 Å². The second-order valence-electron chi connectivity index (χ2n) is 9.00. The van der Waals surface area contributed by atoms with Crippen LogP contribution in [0.2, 0.25) is 5.02 Å². The van der Waals surface area contributed by atoms with Crippen molar-refractivity contribution in [1.82, 2.24) is 10.0 Å². The minimum Gasteiger partial charge on any atom is -0.480 e. The normalized spacial score (nSPS) is 23.5. The maximum atomic E-state index is 13.8. The molecule has 1 atom stereocenters. The number of hydrogen-bond acceptors (Lipinski definition) is 4. The number of allylic oxidation sites excluding steroid dienone is 3. The lowest BCUT2D eigenvalue weighted by Gasteiger charge is -2.35. The van der Waals surface area contributed by atoms with Gasteiger partial charge in [0, 0.05) is 11.6 Å². The van der Waals surface area contributed by atoms with E-state index in [1.54, 1.807) is 18.2 Å². The Hall–Kier alpha value is -2.45. The van der Waals surface area contributed by atoms with E-state index in [2.05, 4.69) is 10.0 Å². The lowest BCUT2D eigenvalue weighted by atomic mass is 9.85. The Bertz CT molecular complexity index is 1280. The molecule has 1 unspecified atom stereocenters. The Morgan fingerprint density at radius 3 is 2.48 bits per heavy atom. The average molecular weight is 485 g/mol. The van der Waals surface area contributed by atoms with Gasteiger partial charge in [0.2, 0.25) is 10.0 Å². The highest BCUT2D eigenvalue weighted by atomic mass is 35.5. The first kappa shape index (κ1) is 22.3. The van der Waals surface area contributed by atoms with Gasteiger partial charge in [-0.1, -0.05) is 60.2 Å². The number of aliphatic carboxylic acids is 1. The molecular weight excluding hydrogens is 460 g/mol. The summed E-state index contributed by atoms with van der Waals surface area (Å²) in [4.78, 5) is 11.8. The lowest BCUT2D eigenvalue weighted by Crippen LogP contribution is -2.51. The number of carbonyl (C=O) groups is 1. The van der Waals surface area contributed by atoms with Crippen LogP contribution in [0.5, 0.6) is 0 Å². The number of hydrogen-bond donors (Lipinski definition) is 3. The molecule has 1 saturated carbocycles. The summed E-state index contributed by atoms with van der Waals surface area (Å²) in [6, 6.07) is 13.2. The molecule has 6 nitrogen and oxygen atoms in total. The van der Waals surface area contributed by atoms with Gasteiger partial charge in [-0.15, -0.1) is 0 Å². The predicted octanol–water partition coefficient (Wildman–Crippen LogP) is 3.76. The van der Waals surface area contributed by atoms with E-state index in [4.69, 9.17) is 11.6 Å². The molecule has 0 amide bonds. The number of nitrogens with one attached hydrogen (secondary N) is 2. The summed E-state index contributed by atoms with van der Waals surface area (Å²) in [5.74, 6) is -1.13. The van der Waals surface area contributed by atoms with Crippen LogP contribution in [0.3, 0.4) is 0 Å². The SMILES string of the molecule is O=C(O)C1(NS(=O)(=O)C2(c3ccc4c(c3)CNCC4)C=CC(c3ccc(Cl)cc3)=CC2)CC1. The van der Waals surface area contributed by atoms with Crippen LogP contribution in [0, 0.1) is 0 Å². The van der Waals surface area contributed by atoms with Gasteiger partial charge in [-0.05, 0) is 72.2 Å². The first-order valence-corrected chi connectivity index (χ1v) is 12.9. The second kappa shape index (κ2) is 8.09. The second-order valence-corrected chi connectivity index (χ2v) is 11.4. The lowest BCUT2D eigenvalue weighted by molar-refractivity contribution is -0.140. The van der Waals surface area contributed by atoms with Gasteiger partial charge >= 0.3 is 5.97 Å². The summed E-state index contributed by atoms with van der Waals surface area (Å²) in [5, 5.41) is 13.6. The number of carboxylic acid groups (broad SMARTS) is 1. The molecule has 3 N–H and O–H groups in total. The van der Waals surface area contributed by atoms with Gasteiger partial charge in [0.25, 0.3) is 0 Å². The maximum Gasteiger partial charge on any atom is 0.324 e. The van der Waals surface area contributed by atoms with Crippen molar-refractivity contribution in [3.05, 3.63) is 88.0 Å². The Morgan fingerprint density at radius 1 is 1.09 bits per heavy atom. The van der Waals surface area contributed by atoms with Crippen LogP contribution < -0.4 is 10.0 Å². The van der Waals surface area contributed by atoms with Crippen molar-refractivity contribution in [3.8, 4) is 0 Å². The summed E-state index contributed by atoms with van der Waals surface area (Å²) in [6.45, 7) is 1.58. The van der Waals surface area contributed by atoms with Gasteiger partial charge in [-0.3, -0.25) is 4.79 Å². The average Bonchev–Trinajstić information content (AvgIpc) is 3.59. The molecule has 0 radical (unpaired) electrons. The molecule has 3 aliphatic rings. The summed E-state index contributed by atoms with van der Waals surface area (Å²) in [7, 11) is -4.08. The van der Waals surface area contributed by atoms with Crippen molar-refractivity contribution in [2.45, 2.75) is 42.5 Å². The van der Waals surface area contributed by atoms with Crippen molar-refractivity contribution in [1.29, 1.82) is 0 Å². The van der Waals surface area contributed by atoms with Crippen LogP contribution in [0.1, 0.15) is 41.5 Å². The molecule has 1 aliphatic heterocycles. The number of sulfonamides is 1. The molecule has 0 bridgehead atoms. The van der Waals surface area contributed by atoms with E-state index < -0.39 is 26.3 Å². The monoisotopic (exact) mass is 484 g/mol. The van der Waals surface area contributed by atoms with E-state index in [0.717, 1.165) is 29.7 Å². The predicted molar refractivity (Wildman–Crippen MR) is 128 cm³/mol. The van der Waals surface area contributed by atoms with Crippen molar-refractivity contribution < 1.29 is 18.3 Å². The van der Waals surface area contributed by atoms with Crippen molar-refractivity contribution in [2.75, 3.05) is 6.54 Å². The van der Waals surface area contributed by atoms with Gasteiger partial charge in [-0.25, -0.2) is 8.42 Å². The highest BCUT2D eigenvalue weighted by Gasteiger charge is 2.57. The molecule has 2 aromatic rings. The van der Waals surface area contributed by atoms with Gasteiger partial charge in [0.1, 0.15) is 10.3 Å². The molecule has 1 fully saturated rings. The molecule has 8 heteroatoms. The van der Waals surface area contributed by atoms with Gasteiger partial charge < -0.3 is 10.4 Å². The molecule has 2 aliphatic carbocycles. The maximum absolute atomic E-state index is 13.8. The number of carboxylic acids is 1. The van der Waals surface area contributed by atoms with Crippen LogP contribution in [0.4, 0.5) is 0 Å². The van der Waals surface area contributed by atoms with E-state index in [1.165, 1.54) is 5.56 Å². The van der Waals surface area contributed by atoms with Gasteiger partial charge in [-0.2, -0.15) is 4.72 Å². The van der Waals surface area contributed by atoms with Crippen molar-refractivity contribution in [2.24, 2.45) is 0 Å². The Morgan fingerprint density at radius 2 is 1.85 bits per heavy atom. The van der Waals surface area contributed by atoms with E-state index in [1.807, 2.05) is 42.5 Å². The van der Waals surface area contributed by atoms with E-state index in [-0.39, 0.29) is 6.42 Å². The minimum absolute atomic E-state index is 0.193. The molecule has 1 heterocycles. The molecule has 33 heavy (non-hydrogen) atoms. The number of rotatable bonds is 6. The number of halogens is 1. The highest BCUT2D eigenvalue weighted by molar-refractivity contribution is 7.90. The molecule has 5 rings (SSSR count). The Labute approximate surface area is 198 Å². The fraction of sp³-hybridized carbons (Fsp3) is 0.320. The zero-order valence-corrected chi connectivity index (χ0v) is 19.5. The van der Waals surface area contributed by atoms with Gasteiger partial charge in [0.15, 0.2) is 0 Å².